The minimum absolute atomic E-state index is 0.0389. The van der Waals surface area contributed by atoms with Crippen molar-refractivity contribution in [1.82, 2.24) is 29.8 Å². The van der Waals surface area contributed by atoms with Crippen LogP contribution in [0.25, 0.3) is 10.8 Å². The van der Waals surface area contributed by atoms with Crippen LogP contribution in [-0.4, -0.2) is 126 Å². The summed E-state index contributed by atoms with van der Waals surface area (Å²) in [6, 6.07) is 11.5. The Balaban J connectivity index is 1.22. The molecule has 0 atom stereocenters. The third kappa shape index (κ3) is 9.33. The summed E-state index contributed by atoms with van der Waals surface area (Å²) in [5.74, 6) is -1.11. The highest BCUT2D eigenvalue weighted by Crippen LogP contribution is 2.20. The number of carbonyl (C=O) groups excluding carboxylic acids is 3. The molecule has 0 aliphatic carbocycles. The SMILES string of the molecule is CN(CCOCCN(C)C(=O)OC(C)(C)C)CC(=O)N1CCN(C(=O)c2cc(Cc3n[nH]c(=O)c4ccccc34)ccc2F)CC1. The lowest BCUT2D eigenvalue weighted by Gasteiger charge is -2.35. The van der Waals surface area contributed by atoms with Gasteiger partial charge in [0.25, 0.3) is 11.5 Å². The van der Waals surface area contributed by atoms with Crippen LogP contribution in [0.5, 0.6) is 0 Å². The van der Waals surface area contributed by atoms with E-state index in [0.29, 0.717) is 80.9 Å². The van der Waals surface area contributed by atoms with Gasteiger partial charge in [0.1, 0.15) is 11.4 Å². The minimum atomic E-state index is -0.619. The summed E-state index contributed by atoms with van der Waals surface area (Å²) in [6.07, 6.45) is -0.102. The molecule has 3 amide bonds. The molecule has 2 heterocycles. The van der Waals surface area contributed by atoms with E-state index in [-0.39, 0.29) is 23.6 Å². The van der Waals surface area contributed by atoms with Crippen molar-refractivity contribution in [2.45, 2.75) is 32.8 Å². The molecule has 0 saturated carbocycles. The van der Waals surface area contributed by atoms with Gasteiger partial charge in [-0.2, -0.15) is 5.10 Å². The number of rotatable bonds is 11. The summed E-state index contributed by atoms with van der Waals surface area (Å²) < 4.78 is 25.8. The van der Waals surface area contributed by atoms with Crippen LogP contribution in [0.2, 0.25) is 0 Å². The van der Waals surface area contributed by atoms with Crippen molar-refractivity contribution in [3.8, 4) is 0 Å². The summed E-state index contributed by atoms with van der Waals surface area (Å²) in [7, 11) is 3.48. The standard InChI is InChI=1S/C33H43FN6O6/c1-33(2,3)46-32(44)38(5)17-19-45-18-16-37(4)22-29(41)39-12-14-40(15-13-39)31(43)26-20-23(10-11-27(26)34)21-28-24-8-6-7-9-25(24)30(42)36-35-28/h6-11,20H,12-19,21-22H2,1-5H3,(H,36,42). The number of benzene rings is 2. The van der Waals surface area contributed by atoms with Crippen molar-refractivity contribution in [1.29, 1.82) is 0 Å². The fraction of sp³-hybridized carbons (Fsp3) is 0.485. The first-order valence-corrected chi connectivity index (χ1v) is 15.3. The molecule has 1 fully saturated rings. The summed E-state index contributed by atoms with van der Waals surface area (Å²) in [5.41, 5.74) is 0.419. The molecule has 46 heavy (non-hydrogen) atoms. The lowest BCUT2D eigenvalue weighted by atomic mass is 10.0. The average molecular weight is 639 g/mol. The highest BCUT2D eigenvalue weighted by molar-refractivity contribution is 5.95. The minimum Gasteiger partial charge on any atom is -0.444 e. The Labute approximate surface area is 268 Å². The zero-order chi connectivity index (χ0) is 33.4. The summed E-state index contributed by atoms with van der Waals surface area (Å²) in [6.45, 7) is 8.56. The Hall–Kier alpha value is -4.36. The Morgan fingerprint density at radius 1 is 0.957 bits per heavy atom. The molecule has 1 aliphatic rings. The van der Waals surface area contributed by atoms with Crippen LogP contribution < -0.4 is 5.56 Å². The second-order valence-electron chi connectivity index (χ2n) is 12.5. The zero-order valence-electron chi connectivity index (χ0n) is 27.2. The van der Waals surface area contributed by atoms with Crippen LogP contribution in [-0.2, 0) is 20.7 Å². The quantitative estimate of drug-likeness (QED) is 0.318. The number of carbonyl (C=O) groups is 3. The molecule has 0 unspecified atom stereocenters. The van der Waals surface area contributed by atoms with Crippen LogP contribution in [0.15, 0.2) is 47.3 Å². The predicted octanol–water partition coefficient (Wildman–Crippen LogP) is 2.75. The first-order chi connectivity index (χ1) is 21.8. The van der Waals surface area contributed by atoms with E-state index >= 15 is 0 Å². The van der Waals surface area contributed by atoms with Crippen molar-refractivity contribution >= 4 is 28.7 Å². The van der Waals surface area contributed by atoms with Gasteiger partial charge in [-0.3, -0.25) is 19.3 Å². The Morgan fingerprint density at radius 3 is 2.30 bits per heavy atom. The first-order valence-electron chi connectivity index (χ1n) is 15.3. The van der Waals surface area contributed by atoms with Gasteiger partial charge in [-0.25, -0.2) is 14.3 Å². The number of aromatic amines is 1. The molecule has 12 nitrogen and oxygen atoms in total. The third-order valence-corrected chi connectivity index (χ3v) is 7.63. The summed E-state index contributed by atoms with van der Waals surface area (Å²) in [5, 5.41) is 7.90. The molecule has 1 aliphatic heterocycles. The molecular formula is C33H43FN6O6. The van der Waals surface area contributed by atoms with Crippen LogP contribution >= 0.6 is 0 Å². The molecule has 1 aromatic heterocycles. The normalized spacial score (nSPS) is 13.7. The maximum absolute atomic E-state index is 14.8. The zero-order valence-corrected chi connectivity index (χ0v) is 27.2. The summed E-state index contributed by atoms with van der Waals surface area (Å²) in [4.78, 5) is 57.0. The lowest BCUT2D eigenvalue weighted by Crippen LogP contribution is -2.52. The molecule has 0 spiro atoms. The number of hydrogen-bond donors (Lipinski definition) is 1. The van der Waals surface area contributed by atoms with Crippen molar-refractivity contribution in [3.63, 3.8) is 0 Å². The van der Waals surface area contributed by atoms with Gasteiger partial charge in [0.05, 0.1) is 36.4 Å². The number of fused-ring (bicyclic) bond motifs is 1. The van der Waals surface area contributed by atoms with E-state index in [2.05, 4.69) is 10.2 Å². The van der Waals surface area contributed by atoms with Gasteiger partial charge in [-0.05, 0) is 51.6 Å². The summed E-state index contributed by atoms with van der Waals surface area (Å²) >= 11 is 0. The fourth-order valence-corrected chi connectivity index (χ4v) is 5.04. The highest BCUT2D eigenvalue weighted by atomic mass is 19.1. The first kappa shape index (κ1) is 34.5. The van der Waals surface area contributed by atoms with Gasteiger partial charge in [0, 0.05) is 58.1 Å². The van der Waals surface area contributed by atoms with Crippen molar-refractivity contribution in [3.05, 3.63) is 75.5 Å². The van der Waals surface area contributed by atoms with E-state index in [1.54, 1.807) is 35.0 Å². The monoisotopic (exact) mass is 638 g/mol. The Morgan fingerprint density at radius 2 is 1.61 bits per heavy atom. The fourth-order valence-electron chi connectivity index (χ4n) is 5.04. The van der Waals surface area contributed by atoms with Crippen LogP contribution in [0, 0.1) is 5.82 Å². The molecular weight excluding hydrogens is 595 g/mol. The van der Waals surface area contributed by atoms with Gasteiger partial charge in [-0.1, -0.05) is 24.3 Å². The number of aromatic nitrogens is 2. The van der Waals surface area contributed by atoms with Crippen molar-refractivity contribution in [2.24, 2.45) is 0 Å². The second kappa shape index (κ2) is 15.3. The van der Waals surface area contributed by atoms with Gasteiger partial charge >= 0.3 is 6.09 Å². The van der Waals surface area contributed by atoms with Gasteiger partial charge in [0.15, 0.2) is 0 Å². The maximum atomic E-state index is 14.8. The molecule has 248 valence electrons. The molecule has 2 aromatic carbocycles. The van der Waals surface area contributed by atoms with Crippen molar-refractivity contribution < 1.29 is 28.2 Å². The van der Waals surface area contributed by atoms with E-state index in [1.165, 1.54) is 17.0 Å². The molecule has 4 rings (SSSR count). The largest absolute Gasteiger partial charge is 0.444 e. The highest BCUT2D eigenvalue weighted by Gasteiger charge is 2.27. The third-order valence-electron chi connectivity index (χ3n) is 7.63. The van der Waals surface area contributed by atoms with Crippen LogP contribution in [0.4, 0.5) is 9.18 Å². The number of nitrogens with zero attached hydrogens (tertiary/aromatic N) is 5. The smallest absolute Gasteiger partial charge is 0.410 e. The molecule has 3 aromatic rings. The van der Waals surface area contributed by atoms with Gasteiger partial charge in [0.2, 0.25) is 5.91 Å². The number of nitrogens with one attached hydrogen (secondary N) is 1. The number of hydrogen-bond acceptors (Lipinski definition) is 8. The Kier molecular flexibility index (Phi) is 11.5. The molecule has 1 N–H and O–H groups in total. The molecule has 0 radical (unpaired) electrons. The topological polar surface area (TPSA) is 128 Å². The molecule has 1 saturated heterocycles. The second-order valence-corrected chi connectivity index (χ2v) is 12.5. The number of ether oxygens (including phenoxy) is 2. The van der Waals surface area contributed by atoms with Gasteiger partial charge in [-0.15, -0.1) is 0 Å². The number of likely N-dealkylation sites (N-methyl/N-ethyl adjacent to an activating group) is 2. The van der Waals surface area contributed by atoms with Crippen LogP contribution in [0.1, 0.15) is 42.4 Å². The molecule has 13 heteroatoms. The maximum Gasteiger partial charge on any atom is 0.410 e. The number of halogens is 1. The van der Waals surface area contributed by atoms with Crippen LogP contribution in [0.3, 0.4) is 0 Å². The lowest BCUT2D eigenvalue weighted by molar-refractivity contribution is -0.133. The number of H-pyrrole nitrogens is 1. The van der Waals surface area contributed by atoms with E-state index in [4.69, 9.17) is 9.47 Å². The van der Waals surface area contributed by atoms with E-state index < -0.39 is 23.4 Å². The van der Waals surface area contributed by atoms with Gasteiger partial charge < -0.3 is 24.2 Å². The average Bonchev–Trinajstić information content (AvgIpc) is 3.02. The van der Waals surface area contributed by atoms with E-state index in [9.17, 15) is 23.6 Å². The molecule has 0 bridgehead atoms. The predicted molar refractivity (Wildman–Crippen MR) is 171 cm³/mol. The number of piperazine rings is 1. The van der Waals surface area contributed by atoms with E-state index in [1.807, 2.05) is 44.9 Å². The Bertz CT molecular complexity index is 1600. The van der Waals surface area contributed by atoms with Crippen molar-refractivity contribution in [2.75, 3.05) is 73.1 Å². The number of amides is 3. The van der Waals surface area contributed by atoms with E-state index in [0.717, 1.165) is 0 Å².